The van der Waals surface area contributed by atoms with E-state index >= 15 is 0 Å². The number of benzene rings is 1. The number of carbonyl (C=O) groups excluding carboxylic acids is 1. The molecular formula is C21H26N2O2. The molecule has 25 heavy (non-hydrogen) atoms. The van der Waals surface area contributed by atoms with Crippen molar-refractivity contribution in [3.63, 3.8) is 0 Å². The minimum Gasteiger partial charge on any atom is -0.356 e. The molecule has 4 fully saturated rings. The van der Waals surface area contributed by atoms with Gasteiger partial charge >= 0.3 is 0 Å². The first kappa shape index (κ1) is 15.4. The Labute approximate surface area is 148 Å². The second kappa shape index (κ2) is 5.33. The fraction of sp³-hybridized carbons (Fsp3) is 0.619. The summed E-state index contributed by atoms with van der Waals surface area (Å²) in [4.78, 5) is 12.8. The van der Waals surface area contributed by atoms with Crippen LogP contribution in [0.1, 0.15) is 55.3 Å². The molecule has 4 aliphatic carbocycles. The molecule has 4 bridgehead atoms. The summed E-state index contributed by atoms with van der Waals surface area (Å²) in [6, 6.07) is 4.10. The molecule has 1 aromatic carbocycles. The predicted molar refractivity (Wildman–Crippen MR) is 96.2 cm³/mol. The lowest BCUT2D eigenvalue weighted by molar-refractivity contribution is -0.126. The molecule has 4 nitrogen and oxygen atoms in total. The van der Waals surface area contributed by atoms with Crippen LogP contribution >= 0.6 is 0 Å². The van der Waals surface area contributed by atoms with Crippen molar-refractivity contribution in [2.75, 3.05) is 0 Å². The first-order chi connectivity index (χ1) is 12.0. The number of nitrogens with zero attached hydrogens (tertiary/aromatic N) is 1. The summed E-state index contributed by atoms with van der Waals surface area (Å²) < 4.78 is 5.45. The minimum atomic E-state index is 0.0673. The van der Waals surface area contributed by atoms with E-state index in [2.05, 4.69) is 30.4 Å². The van der Waals surface area contributed by atoms with E-state index < -0.39 is 0 Å². The summed E-state index contributed by atoms with van der Waals surface area (Å²) in [6.45, 7) is 4.15. The second-order valence-corrected chi connectivity index (χ2v) is 8.98. The lowest BCUT2D eigenvalue weighted by Crippen LogP contribution is -2.60. The zero-order valence-corrected chi connectivity index (χ0v) is 15.1. The third-order valence-electron chi connectivity index (χ3n) is 6.93. The quantitative estimate of drug-likeness (QED) is 0.918. The van der Waals surface area contributed by atoms with Crippen molar-refractivity contribution < 1.29 is 9.32 Å². The third-order valence-corrected chi connectivity index (χ3v) is 6.93. The number of rotatable bonds is 3. The average Bonchev–Trinajstić information content (AvgIpc) is 2.87. The highest BCUT2D eigenvalue weighted by molar-refractivity contribution is 5.87. The summed E-state index contributed by atoms with van der Waals surface area (Å²) in [6.07, 6.45) is 8.04. The molecule has 0 spiro atoms. The fourth-order valence-electron chi connectivity index (χ4n) is 6.13. The number of aromatic nitrogens is 1. The van der Waals surface area contributed by atoms with E-state index in [9.17, 15) is 4.79 Å². The Morgan fingerprint density at radius 3 is 2.36 bits per heavy atom. The van der Waals surface area contributed by atoms with Gasteiger partial charge in [-0.25, -0.2) is 0 Å². The normalized spacial score (nSPS) is 33.1. The summed E-state index contributed by atoms with van der Waals surface area (Å²) in [5, 5.41) is 8.58. The number of hydrogen-bond acceptors (Lipinski definition) is 3. The van der Waals surface area contributed by atoms with Gasteiger partial charge in [-0.05, 0) is 93.4 Å². The van der Waals surface area contributed by atoms with Crippen LogP contribution in [0.2, 0.25) is 0 Å². The number of amides is 1. The molecule has 1 heterocycles. The van der Waals surface area contributed by atoms with Gasteiger partial charge < -0.3 is 9.84 Å². The Balaban J connectivity index is 1.35. The topological polar surface area (TPSA) is 55.1 Å². The van der Waals surface area contributed by atoms with Crippen molar-refractivity contribution in [1.29, 1.82) is 0 Å². The van der Waals surface area contributed by atoms with Gasteiger partial charge in [-0.3, -0.25) is 4.79 Å². The van der Waals surface area contributed by atoms with E-state index in [1.165, 1.54) is 49.7 Å². The van der Waals surface area contributed by atoms with Crippen LogP contribution in [0, 0.1) is 31.6 Å². The Bertz CT molecular complexity index is 816. The van der Waals surface area contributed by atoms with Crippen LogP contribution in [0.5, 0.6) is 0 Å². The highest BCUT2D eigenvalue weighted by Gasteiger charge is 2.51. The molecule has 0 saturated heterocycles. The van der Waals surface area contributed by atoms with Crippen LogP contribution in [0.25, 0.3) is 11.0 Å². The van der Waals surface area contributed by atoms with Crippen LogP contribution in [0.3, 0.4) is 0 Å². The second-order valence-electron chi connectivity index (χ2n) is 8.98. The number of fused-ring (bicyclic) bond motifs is 1. The SMILES string of the molecule is Cc1cc2onc(CC(=O)NC34CC5CC(CC(C5)C3)C4)c2cc1C. The van der Waals surface area contributed by atoms with Crippen LogP contribution in [0.15, 0.2) is 16.7 Å². The summed E-state index contributed by atoms with van der Waals surface area (Å²) in [5.41, 5.74) is 4.01. The van der Waals surface area contributed by atoms with E-state index in [0.29, 0.717) is 6.42 Å². The lowest BCUT2D eigenvalue weighted by atomic mass is 9.53. The van der Waals surface area contributed by atoms with Crippen molar-refractivity contribution >= 4 is 16.9 Å². The first-order valence-electron chi connectivity index (χ1n) is 9.66. The summed E-state index contributed by atoms with van der Waals surface area (Å²) in [7, 11) is 0. The maximum atomic E-state index is 12.8. The van der Waals surface area contributed by atoms with E-state index in [4.69, 9.17) is 4.52 Å². The van der Waals surface area contributed by atoms with Crippen molar-refractivity contribution in [2.24, 2.45) is 17.8 Å². The number of hydrogen-bond donors (Lipinski definition) is 1. The molecule has 4 heteroatoms. The molecule has 2 aromatic rings. The third kappa shape index (κ3) is 2.57. The van der Waals surface area contributed by atoms with Gasteiger partial charge in [-0.1, -0.05) is 5.16 Å². The van der Waals surface area contributed by atoms with E-state index in [1.807, 2.05) is 6.07 Å². The Morgan fingerprint density at radius 1 is 1.12 bits per heavy atom. The molecule has 4 aliphatic rings. The van der Waals surface area contributed by atoms with Gasteiger partial charge in [0.1, 0.15) is 5.69 Å². The molecule has 0 unspecified atom stereocenters. The molecule has 6 rings (SSSR count). The number of nitrogens with one attached hydrogen (secondary N) is 1. The fourth-order valence-corrected chi connectivity index (χ4v) is 6.13. The van der Waals surface area contributed by atoms with Crippen molar-refractivity contribution in [2.45, 2.75) is 64.3 Å². The molecule has 132 valence electrons. The first-order valence-corrected chi connectivity index (χ1v) is 9.66. The molecule has 0 radical (unpaired) electrons. The van der Waals surface area contributed by atoms with Crippen molar-refractivity contribution in [3.05, 3.63) is 29.0 Å². The monoisotopic (exact) mass is 338 g/mol. The Kier molecular flexibility index (Phi) is 3.28. The highest BCUT2D eigenvalue weighted by atomic mass is 16.5. The standard InChI is InChI=1S/C21H26N2O2/c1-12-3-17-18(23-25-19(17)4-13(12)2)8-20(24)22-21-9-14-5-15(10-21)7-16(6-14)11-21/h3-4,14-16H,5-11H2,1-2H3,(H,22,24). The van der Waals surface area contributed by atoms with Gasteiger partial charge in [-0.15, -0.1) is 0 Å². The van der Waals surface area contributed by atoms with E-state index in [1.54, 1.807) is 0 Å². The van der Waals surface area contributed by atoms with Gasteiger partial charge in [-0.2, -0.15) is 0 Å². The molecule has 0 aliphatic heterocycles. The van der Waals surface area contributed by atoms with Gasteiger partial charge in [0, 0.05) is 10.9 Å². The van der Waals surface area contributed by atoms with Gasteiger partial charge in [0.15, 0.2) is 5.58 Å². The van der Waals surface area contributed by atoms with Crippen LogP contribution in [0.4, 0.5) is 0 Å². The maximum absolute atomic E-state index is 12.8. The van der Waals surface area contributed by atoms with Gasteiger partial charge in [0.25, 0.3) is 0 Å². The predicted octanol–water partition coefficient (Wildman–Crippen LogP) is 4.07. The number of aryl methyl sites for hydroxylation is 2. The molecule has 1 N–H and O–H groups in total. The summed E-state index contributed by atoms with van der Waals surface area (Å²) >= 11 is 0. The molecule has 1 aromatic heterocycles. The van der Waals surface area contributed by atoms with Gasteiger partial charge in [0.05, 0.1) is 6.42 Å². The molecule has 1 amide bonds. The smallest absolute Gasteiger partial charge is 0.226 e. The van der Waals surface area contributed by atoms with Crippen molar-refractivity contribution in [1.82, 2.24) is 10.5 Å². The van der Waals surface area contributed by atoms with Gasteiger partial charge in [0.2, 0.25) is 5.91 Å². The van der Waals surface area contributed by atoms with Crippen LogP contribution < -0.4 is 5.32 Å². The molecule has 0 atom stereocenters. The van der Waals surface area contributed by atoms with Crippen LogP contribution in [-0.2, 0) is 11.2 Å². The largest absolute Gasteiger partial charge is 0.356 e. The minimum absolute atomic E-state index is 0.0673. The molecular weight excluding hydrogens is 312 g/mol. The van der Waals surface area contributed by atoms with Crippen LogP contribution in [-0.4, -0.2) is 16.6 Å². The van der Waals surface area contributed by atoms with Crippen molar-refractivity contribution in [3.8, 4) is 0 Å². The zero-order valence-electron chi connectivity index (χ0n) is 15.1. The number of carbonyl (C=O) groups is 1. The Morgan fingerprint density at radius 2 is 1.72 bits per heavy atom. The maximum Gasteiger partial charge on any atom is 0.226 e. The zero-order chi connectivity index (χ0) is 17.2. The average molecular weight is 338 g/mol. The molecule has 4 saturated carbocycles. The van der Waals surface area contributed by atoms with E-state index in [0.717, 1.165) is 34.4 Å². The highest BCUT2D eigenvalue weighted by Crippen LogP contribution is 2.55. The lowest BCUT2D eigenvalue weighted by Gasteiger charge is -2.56. The Hall–Kier alpha value is -1.84. The van der Waals surface area contributed by atoms with E-state index in [-0.39, 0.29) is 11.4 Å². The summed E-state index contributed by atoms with van der Waals surface area (Å²) in [5.74, 6) is 2.62.